The molecule has 214 valence electrons. The summed E-state index contributed by atoms with van der Waals surface area (Å²) in [5, 5.41) is 0.508. The number of ether oxygens (including phenoxy) is 2. The molecule has 2 heterocycles. The van der Waals surface area contributed by atoms with Gasteiger partial charge in [0.25, 0.3) is 0 Å². The van der Waals surface area contributed by atoms with Crippen molar-refractivity contribution in [1.29, 1.82) is 0 Å². The minimum atomic E-state index is -1.68. The fraction of sp³-hybridized carbons (Fsp3) is 0.171. The Hall–Kier alpha value is -4.75. The third-order valence-electron chi connectivity index (χ3n) is 8.93. The van der Waals surface area contributed by atoms with E-state index in [0.29, 0.717) is 38.9 Å². The van der Waals surface area contributed by atoms with E-state index in [0.717, 1.165) is 5.56 Å². The Kier molecular flexibility index (Phi) is 6.25. The maximum atomic E-state index is 14.7. The van der Waals surface area contributed by atoms with Crippen molar-refractivity contribution in [3.8, 4) is 11.5 Å². The number of nitrogens with zero attached hydrogens (tertiary/aromatic N) is 1. The summed E-state index contributed by atoms with van der Waals surface area (Å²) in [4.78, 5) is 46.0. The van der Waals surface area contributed by atoms with Crippen molar-refractivity contribution in [2.24, 2.45) is 5.41 Å². The molecule has 3 atom stereocenters. The predicted octanol–water partition coefficient (Wildman–Crippen LogP) is 6.81. The van der Waals surface area contributed by atoms with Crippen molar-refractivity contribution in [2.75, 3.05) is 19.1 Å². The molecule has 3 aliphatic rings. The number of methoxy groups -OCH3 is 2. The van der Waals surface area contributed by atoms with Crippen LogP contribution in [-0.2, 0) is 0 Å². The highest BCUT2D eigenvalue weighted by Crippen LogP contribution is 2.61. The maximum absolute atomic E-state index is 14.7. The lowest BCUT2D eigenvalue weighted by Crippen LogP contribution is -2.48. The zero-order valence-electron chi connectivity index (χ0n) is 23.2. The standard InChI is InChI=1S/C35H25ClFNO5/c1-42-27-15-9-21(18-28(27)43-2)30-31(32(39)19-7-12-23(37)13-8-19)38-26-14-11-22(36)17-20(26)10-16-29(38)35(30)33(40)24-5-3-4-6-25(24)34(35)41/h3-18,29-31H,1-2H3/t29-,30+,31-/m1/s1. The topological polar surface area (TPSA) is 72.9 Å². The Morgan fingerprint density at radius 1 is 0.860 bits per heavy atom. The van der Waals surface area contributed by atoms with Crippen LogP contribution < -0.4 is 14.4 Å². The molecule has 1 saturated heterocycles. The van der Waals surface area contributed by atoms with Crippen molar-refractivity contribution in [2.45, 2.75) is 18.0 Å². The molecule has 1 spiro atoms. The van der Waals surface area contributed by atoms with E-state index in [1.165, 1.54) is 38.5 Å². The molecule has 1 aliphatic carbocycles. The van der Waals surface area contributed by atoms with Crippen LogP contribution in [0.1, 0.15) is 48.1 Å². The van der Waals surface area contributed by atoms with E-state index in [1.54, 1.807) is 60.7 Å². The van der Waals surface area contributed by atoms with Gasteiger partial charge in [-0.1, -0.05) is 54.1 Å². The van der Waals surface area contributed by atoms with Crippen LogP contribution in [0.4, 0.5) is 10.1 Å². The molecule has 0 amide bonds. The molecule has 4 aromatic rings. The average molecular weight is 594 g/mol. The number of fused-ring (bicyclic) bond motifs is 5. The lowest BCUT2D eigenvalue weighted by Gasteiger charge is -2.37. The number of Topliss-reactive ketones (excluding diaryl/α,β-unsaturated/α-hetero) is 3. The van der Waals surface area contributed by atoms with Crippen molar-refractivity contribution in [1.82, 2.24) is 0 Å². The monoisotopic (exact) mass is 593 g/mol. The van der Waals surface area contributed by atoms with Gasteiger partial charge < -0.3 is 14.4 Å². The minimum Gasteiger partial charge on any atom is -0.493 e. The van der Waals surface area contributed by atoms with E-state index in [1.807, 2.05) is 17.1 Å². The molecule has 0 N–H and O–H groups in total. The first-order valence-electron chi connectivity index (χ1n) is 13.8. The Labute approximate surface area is 252 Å². The fourth-order valence-corrected chi connectivity index (χ4v) is 7.33. The summed E-state index contributed by atoms with van der Waals surface area (Å²) in [7, 11) is 3.02. The molecule has 4 aromatic carbocycles. The van der Waals surface area contributed by atoms with Crippen LogP contribution in [0.5, 0.6) is 11.5 Å². The molecular formula is C35H25ClFNO5. The van der Waals surface area contributed by atoms with E-state index in [9.17, 15) is 18.8 Å². The molecule has 1 fully saturated rings. The largest absolute Gasteiger partial charge is 0.493 e. The number of hydrogen-bond acceptors (Lipinski definition) is 6. The van der Waals surface area contributed by atoms with Crippen LogP contribution in [-0.4, -0.2) is 43.7 Å². The molecule has 0 saturated carbocycles. The van der Waals surface area contributed by atoms with E-state index in [2.05, 4.69) is 0 Å². The summed E-state index contributed by atoms with van der Waals surface area (Å²) < 4.78 is 25.1. The molecular weight excluding hydrogens is 569 g/mol. The van der Waals surface area contributed by atoms with E-state index in [4.69, 9.17) is 21.1 Å². The minimum absolute atomic E-state index is 0.258. The molecule has 0 unspecified atom stereocenters. The molecule has 0 bridgehead atoms. The third-order valence-corrected chi connectivity index (χ3v) is 9.16. The Bertz CT molecular complexity index is 1830. The second kappa shape index (κ2) is 9.92. The van der Waals surface area contributed by atoms with Crippen molar-refractivity contribution in [3.05, 3.63) is 130 Å². The van der Waals surface area contributed by atoms with Gasteiger partial charge in [-0.25, -0.2) is 4.39 Å². The summed E-state index contributed by atoms with van der Waals surface area (Å²) in [5.41, 5.74) is 1.19. The third kappa shape index (κ3) is 3.74. The van der Waals surface area contributed by atoms with E-state index in [-0.39, 0.29) is 22.9 Å². The molecule has 2 aliphatic heterocycles. The second-order valence-corrected chi connectivity index (χ2v) is 11.3. The number of anilines is 1. The van der Waals surface area contributed by atoms with Crippen molar-refractivity contribution < 1.29 is 28.2 Å². The summed E-state index contributed by atoms with van der Waals surface area (Å²) in [6, 6.07) is 20.8. The van der Waals surface area contributed by atoms with Gasteiger partial charge >= 0.3 is 0 Å². The van der Waals surface area contributed by atoms with Gasteiger partial charge in [0.1, 0.15) is 17.3 Å². The Balaban J connectivity index is 1.55. The second-order valence-electron chi connectivity index (χ2n) is 10.9. The van der Waals surface area contributed by atoms with Crippen molar-refractivity contribution >= 4 is 40.7 Å². The van der Waals surface area contributed by atoms with Gasteiger partial charge in [0.05, 0.1) is 20.3 Å². The molecule has 0 radical (unpaired) electrons. The van der Waals surface area contributed by atoms with Gasteiger partial charge in [-0.15, -0.1) is 0 Å². The van der Waals surface area contributed by atoms with Crippen LogP contribution in [0.25, 0.3) is 6.08 Å². The zero-order valence-corrected chi connectivity index (χ0v) is 24.0. The summed E-state index contributed by atoms with van der Waals surface area (Å²) in [6.07, 6.45) is 3.68. The summed E-state index contributed by atoms with van der Waals surface area (Å²) >= 11 is 6.35. The van der Waals surface area contributed by atoms with Crippen LogP contribution in [0.3, 0.4) is 0 Å². The first-order valence-corrected chi connectivity index (χ1v) is 14.2. The van der Waals surface area contributed by atoms with Gasteiger partial charge in [-0.2, -0.15) is 0 Å². The fourth-order valence-electron chi connectivity index (χ4n) is 7.15. The SMILES string of the molecule is COc1ccc([C@H]2[C@H](C(=O)c3ccc(F)cc3)N3c4ccc(Cl)cc4C=C[C@@H]3C23C(=O)c2ccccc2C3=O)cc1OC. The number of halogens is 2. The Morgan fingerprint density at radius 3 is 2.19 bits per heavy atom. The van der Waals surface area contributed by atoms with Crippen LogP contribution in [0, 0.1) is 11.2 Å². The number of ketones is 3. The van der Waals surface area contributed by atoms with E-state index < -0.39 is 29.2 Å². The summed E-state index contributed by atoms with van der Waals surface area (Å²) in [5.74, 6) is -1.62. The van der Waals surface area contributed by atoms with Gasteiger partial charge in [0.15, 0.2) is 28.8 Å². The van der Waals surface area contributed by atoms with Crippen molar-refractivity contribution in [3.63, 3.8) is 0 Å². The molecule has 7 rings (SSSR count). The molecule has 43 heavy (non-hydrogen) atoms. The van der Waals surface area contributed by atoms with Crippen LogP contribution in [0.15, 0.2) is 91.0 Å². The van der Waals surface area contributed by atoms with E-state index >= 15 is 0 Å². The highest BCUT2D eigenvalue weighted by atomic mass is 35.5. The zero-order chi connectivity index (χ0) is 30.0. The number of carbonyl (C=O) groups is 3. The van der Waals surface area contributed by atoms with Gasteiger partial charge in [0, 0.05) is 33.3 Å². The highest BCUT2D eigenvalue weighted by Gasteiger charge is 2.71. The van der Waals surface area contributed by atoms with Crippen LogP contribution in [0.2, 0.25) is 5.02 Å². The normalized spacial score (nSPS) is 21.0. The van der Waals surface area contributed by atoms with Gasteiger partial charge in [-0.3, -0.25) is 14.4 Å². The number of rotatable bonds is 5. The Morgan fingerprint density at radius 2 is 1.53 bits per heavy atom. The molecule has 6 nitrogen and oxygen atoms in total. The lowest BCUT2D eigenvalue weighted by molar-refractivity contribution is 0.0665. The smallest absolute Gasteiger partial charge is 0.185 e. The highest BCUT2D eigenvalue weighted by molar-refractivity contribution is 6.32. The first kappa shape index (κ1) is 27.1. The number of benzene rings is 4. The predicted molar refractivity (Wildman–Crippen MR) is 161 cm³/mol. The quantitative estimate of drug-likeness (QED) is 0.187. The van der Waals surface area contributed by atoms with Gasteiger partial charge in [0.2, 0.25) is 0 Å². The first-order chi connectivity index (χ1) is 20.8. The van der Waals surface area contributed by atoms with Crippen LogP contribution >= 0.6 is 11.6 Å². The maximum Gasteiger partial charge on any atom is 0.185 e. The van der Waals surface area contributed by atoms with Gasteiger partial charge in [-0.05, 0) is 65.7 Å². The molecule has 8 heteroatoms. The summed E-state index contributed by atoms with van der Waals surface area (Å²) in [6.45, 7) is 0. The number of hydrogen-bond donors (Lipinski definition) is 0. The molecule has 0 aromatic heterocycles. The number of carbonyl (C=O) groups excluding carboxylic acids is 3. The lowest BCUT2D eigenvalue weighted by atomic mass is 9.64. The average Bonchev–Trinajstić information content (AvgIpc) is 3.46.